The predicted octanol–water partition coefficient (Wildman–Crippen LogP) is 3.30. The zero-order chi connectivity index (χ0) is 15.8. The van der Waals surface area contributed by atoms with Crippen LogP contribution < -0.4 is 3.58 Å². The molecule has 0 amide bonds. The van der Waals surface area contributed by atoms with Gasteiger partial charge in [-0.15, -0.1) is 0 Å². The van der Waals surface area contributed by atoms with Gasteiger partial charge >= 0.3 is 144 Å². The molecule has 0 spiro atoms. The Morgan fingerprint density at radius 2 is 2.14 bits per heavy atom. The van der Waals surface area contributed by atoms with Gasteiger partial charge in [0.2, 0.25) is 0 Å². The van der Waals surface area contributed by atoms with Crippen LogP contribution in [0.1, 0.15) is 18.7 Å². The molecule has 2 heterocycles. The van der Waals surface area contributed by atoms with Gasteiger partial charge in [-0.1, -0.05) is 0 Å². The minimum absolute atomic E-state index is 0.109. The molecule has 7 heteroatoms. The van der Waals surface area contributed by atoms with Gasteiger partial charge in [0.25, 0.3) is 0 Å². The summed E-state index contributed by atoms with van der Waals surface area (Å²) < 4.78 is 8.26. The van der Waals surface area contributed by atoms with E-state index < -0.39 is 17.0 Å². The van der Waals surface area contributed by atoms with Gasteiger partial charge in [0.15, 0.2) is 0 Å². The molecule has 1 aliphatic heterocycles. The summed E-state index contributed by atoms with van der Waals surface area (Å²) in [6.45, 7) is 4.88. The normalized spacial score (nSPS) is 17.3. The van der Waals surface area contributed by atoms with Crippen LogP contribution in [0.3, 0.4) is 0 Å². The first kappa shape index (κ1) is 17.6. The Morgan fingerprint density at radius 1 is 1.48 bits per heavy atom. The van der Waals surface area contributed by atoms with Crippen LogP contribution in [0.4, 0.5) is 0 Å². The van der Waals surface area contributed by atoms with Crippen molar-refractivity contribution >= 4 is 63.3 Å². The second kappa shape index (κ2) is 6.37. The van der Waals surface area contributed by atoms with E-state index in [4.69, 9.17) is 21.9 Å². The van der Waals surface area contributed by atoms with Crippen molar-refractivity contribution in [1.82, 2.24) is 4.90 Å². The summed E-state index contributed by atoms with van der Waals surface area (Å²) >= 11 is 4.68. The van der Waals surface area contributed by atoms with Gasteiger partial charge in [0, 0.05) is 0 Å². The maximum atomic E-state index is 5.84. The van der Waals surface area contributed by atoms with Crippen molar-refractivity contribution in [1.29, 1.82) is 0 Å². The third-order valence-electron chi connectivity index (χ3n) is 3.18. The summed E-state index contributed by atoms with van der Waals surface area (Å²) in [4.78, 5) is 12.8. The van der Waals surface area contributed by atoms with Crippen LogP contribution in [-0.2, 0) is 4.74 Å². The van der Waals surface area contributed by atoms with Gasteiger partial charge < -0.3 is 0 Å². The molecule has 1 aliphatic rings. The van der Waals surface area contributed by atoms with Crippen molar-refractivity contribution in [2.24, 2.45) is 4.99 Å². The van der Waals surface area contributed by atoms with Crippen molar-refractivity contribution in [2.75, 3.05) is 20.7 Å². The molecule has 1 aromatic heterocycles. The van der Waals surface area contributed by atoms with Crippen LogP contribution in [0.25, 0.3) is 0 Å². The zero-order valence-electron chi connectivity index (χ0n) is 13.4. The number of ether oxygens (including phenoxy) is 1. The Morgan fingerprint density at radius 3 is 2.67 bits per heavy atom. The molecule has 1 aromatic rings. The molecule has 0 N–H and O–H groups in total. The van der Waals surface area contributed by atoms with E-state index in [2.05, 4.69) is 35.2 Å². The van der Waals surface area contributed by atoms with Crippen molar-refractivity contribution in [2.45, 2.75) is 29.3 Å². The summed E-state index contributed by atoms with van der Waals surface area (Å²) in [5, 5.41) is 2.15. The van der Waals surface area contributed by atoms with Crippen molar-refractivity contribution in [3.05, 3.63) is 16.3 Å². The molecule has 0 unspecified atom stereocenters. The van der Waals surface area contributed by atoms with Crippen LogP contribution in [0.15, 0.2) is 16.4 Å². The number of thiophene rings is 1. The first-order valence-corrected chi connectivity index (χ1v) is 19.6. The second-order valence-corrected chi connectivity index (χ2v) is 27.4. The fourth-order valence-corrected chi connectivity index (χ4v) is 21.3. The number of aliphatic imine (C=N–C) groups is 1. The average molecular weight is 449 g/mol. The van der Waals surface area contributed by atoms with Gasteiger partial charge in [-0.25, -0.2) is 0 Å². The molecule has 0 saturated carbocycles. The average Bonchev–Trinajstić information content (AvgIpc) is 2.94. The number of hydrogen-bond donors (Lipinski definition) is 0. The van der Waals surface area contributed by atoms with Crippen molar-refractivity contribution in [3.63, 3.8) is 0 Å². The Bertz CT molecular complexity index is 579. The molecule has 0 aliphatic carbocycles. The van der Waals surface area contributed by atoms with E-state index in [0.29, 0.717) is 6.61 Å². The molecule has 3 nitrogen and oxygen atoms in total. The first-order valence-electron chi connectivity index (χ1n) is 6.84. The molecule has 2 rings (SSSR count). The Balaban J connectivity index is 2.30. The van der Waals surface area contributed by atoms with Gasteiger partial charge in [0.1, 0.15) is 0 Å². The summed E-state index contributed by atoms with van der Waals surface area (Å²) in [7, 11) is 5.93. The standard InChI is InChI=1S/C9H10NOS.C3H7NS2.2CH3.Sn/c1-9(2)6-11-8(10-9)7-4-3-5-12-7;1-4(2)3(5)6;;;/h3,5H,6H2,1-2H3;1-2H3,(H,5,6);2*1H3;/q;;;;+1/p-1. The van der Waals surface area contributed by atoms with Crippen molar-refractivity contribution in [3.8, 4) is 0 Å². The SMILES string of the molecule is CN(C)C(=S)[S][Sn]([CH3])([CH3])[c]1ccsc1C1=NC(C)(C)CO1. The fourth-order valence-electron chi connectivity index (χ4n) is 2.01. The van der Waals surface area contributed by atoms with Gasteiger partial charge in [-0.3, -0.25) is 0 Å². The molecule has 0 aromatic carbocycles. The fraction of sp³-hybridized carbons (Fsp3) is 0.571. The summed E-state index contributed by atoms with van der Waals surface area (Å²) in [5.74, 6) is 0.825. The van der Waals surface area contributed by atoms with E-state index in [-0.39, 0.29) is 5.54 Å². The Labute approximate surface area is 143 Å². The van der Waals surface area contributed by atoms with E-state index in [0.717, 1.165) is 10.2 Å². The van der Waals surface area contributed by atoms with Crippen LogP contribution in [0.5, 0.6) is 0 Å². The molecule has 21 heavy (non-hydrogen) atoms. The van der Waals surface area contributed by atoms with Gasteiger partial charge in [-0.2, -0.15) is 0 Å². The quantitative estimate of drug-likeness (QED) is 0.523. The molecule has 0 radical (unpaired) electrons. The summed E-state index contributed by atoms with van der Waals surface area (Å²) in [6, 6.07) is 2.25. The Kier molecular flexibility index (Phi) is 5.33. The number of thiocarbonyl (C=S) groups is 1. The molecule has 116 valence electrons. The minimum atomic E-state index is -2.55. The topological polar surface area (TPSA) is 24.8 Å². The van der Waals surface area contributed by atoms with Crippen LogP contribution in [0, 0.1) is 0 Å². The van der Waals surface area contributed by atoms with Gasteiger partial charge in [0.05, 0.1) is 0 Å². The van der Waals surface area contributed by atoms with Crippen LogP contribution in [0.2, 0.25) is 9.88 Å². The summed E-state index contributed by atoms with van der Waals surface area (Å²) in [5.41, 5.74) is -0.109. The van der Waals surface area contributed by atoms with E-state index in [1.807, 2.05) is 27.9 Å². The van der Waals surface area contributed by atoms with E-state index in [9.17, 15) is 0 Å². The number of nitrogens with zero attached hydrogens (tertiary/aromatic N) is 2. The number of hydrogen-bond acceptors (Lipinski definition) is 5. The second-order valence-electron chi connectivity index (χ2n) is 6.45. The predicted molar refractivity (Wildman–Crippen MR) is 102 cm³/mol. The third-order valence-corrected chi connectivity index (χ3v) is 19.9. The molecular weight excluding hydrogens is 427 g/mol. The molecular formula is C14H22N2OS3Sn. The molecule has 0 bridgehead atoms. The third kappa shape index (κ3) is 4.14. The van der Waals surface area contributed by atoms with E-state index >= 15 is 0 Å². The number of rotatable bonds is 3. The zero-order valence-corrected chi connectivity index (χ0v) is 18.7. The Hall–Kier alpha value is 0.209. The van der Waals surface area contributed by atoms with Crippen LogP contribution >= 0.6 is 32.5 Å². The maximum absolute atomic E-state index is 5.84. The first-order chi connectivity index (χ1) is 9.62. The van der Waals surface area contributed by atoms with E-state index in [1.165, 1.54) is 8.46 Å². The van der Waals surface area contributed by atoms with Crippen molar-refractivity contribution < 1.29 is 4.74 Å². The molecule has 0 saturated heterocycles. The molecule has 0 atom stereocenters. The summed E-state index contributed by atoms with van der Waals surface area (Å²) in [6.07, 6.45) is 0. The van der Waals surface area contributed by atoms with E-state index in [1.54, 1.807) is 11.3 Å². The van der Waals surface area contributed by atoms with Gasteiger partial charge in [-0.05, 0) is 0 Å². The molecule has 0 fully saturated rings. The van der Waals surface area contributed by atoms with Crippen LogP contribution in [-0.4, -0.2) is 58.4 Å². The monoisotopic (exact) mass is 450 g/mol.